The Morgan fingerprint density at radius 3 is 2.61 bits per heavy atom. The molecule has 0 aromatic heterocycles. The molecule has 1 unspecified atom stereocenters. The molecule has 5 nitrogen and oxygen atoms in total. The first kappa shape index (κ1) is 12.4. The third-order valence-corrected chi connectivity index (χ3v) is 3.19. The van der Waals surface area contributed by atoms with Crippen LogP contribution in [0, 0.1) is 5.92 Å². The van der Waals surface area contributed by atoms with Crippen LogP contribution in [0.4, 0.5) is 0 Å². The highest BCUT2D eigenvalue weighted by Crippen LogP contribution is 2.22. The van der Waals surface area contributed by atoms with E-state index in [-0.39, 0.29) is 17.2 Å². The van der Waals surface area contributed by atoms with Crippen LogP contribution in [0.5, 0.6) is 5.75 Å². The molecule has 1 atom stereocenters. The molecule has 96 valence electrons. The molecule has 1 saturated heterocycles. The minimum atomic E-state index is -1.21. The number of amides is 1. The molecular formula is C13H15NO4. The van der Waals surface area contributed by atoms with Gasteiger partial charge in [0.05, 0.1) is 0 Å². The average molecular weight is 249 g/mol. The van der Waals surface area contributed by atoms with Gasteiger partial charge in [0.15, 0.2) is 0 Å². The second kappa shape index (κ2) is 4.68. The lowest BCUT2D eigenvalue weighted by Crippen LogP contribution is -2.28. The van der Waals surface area contributed by atoms with E-state index in [4.69, 9.17) is 5.11 Å². The van der Waals surface area contributed by atoms with Crippen LogP contribution < -0.4 is 0 Å². The number of phenols is 1. The lowest BCUT2D eigenvalue weighted by Gasteiger charge is -2.16. The highest BCUT2D eigenvalue weighted by molar-refractivity contribution is 5.97. The van der Waals surface area contributed by atoms with Gasteiger partial charge in [-0.05, 0) is 30.5 Å². The van der Waals surface area contributed by atoms with Gasteiger partial charge in [-0.1, -0.05) is 6.92 Å². The van der Waals surface area contributed by atoms with E-state index in [1.165, 1.54) is 18.2 Å². The molecule has 0 spiro atoms. The molecule has 2 rings (SSSR count). The summed E-state index contributed by atoms with van der Waals surface area (Å²) in [6.07, 6.45) is 0.977. The Labute approximate surface area is 105 Å². The number of hydrogen-bond donors (Lipinski definition) is 2. The smallest absolute Gasteiger partial charge is 0.339 e. The maximum Gasteiger partial charge on any atom is 0.339 e. The third kappa shape index (κ3) is 2.30. The number of carboxylic acids is 1. The Balaban J connectivity index is 2.21. The molecule has 1 fully saturated rings. The summed E-state index contributed by atoms with van der Waals surface area (Å²) in [5, 5.41) is 18.3. The number of nitrogens with zero attached hydrogens (tertiary/aromatic N) is 1. The van der Waals surface area contributed by atoms with Crippen molar-refractivity contribution in [3.63, 3.8) is 0 Å². The summed E-state index contributed by atoms with van der Waals surface area (Å²) in [7, 11) is 0. The number of hydrogen-bond acceptors (Lipinski definition) is 3. The summed E-state index contributed by atoms with van der Waals surface area (Å²) in [6, 6.07) is 3.91. The lowest BCUT2D eigenvalue weighted by atomic mass is 10.1. The molecule has 0 saturated carbocycles. The van der Waals surface area contributed by atoms with E-state index in [9.17, 15) is 14.7 Å². The number of likely N-dealkylation sites (tertiary alicyclic amines) is 1. The Hall–Kier alpha value is -2.04. The van der Waals surface area contributed by atoms with Crippen molar-refractivity contribution in [3.8, 4) is 5.75 Å². The van der Waals surface area contributed by atoms with Crippen molar-refractivity contribution >= 4 is 11.9 Å². The quantitative estimate of drug-likeness (QED) is 0.834. The van der Waals surface area contributed by atoms with Crippen LogP contribution in [-0.4, -0.2) is 40.1 Å². The SMILES string of the molecule is CC1CCN(C(=O)c2ccc(C(=O)O)c(O)c2)C1. The number of carboxylic acid groups (broad SMARTS) is 1. The zero-order valence-electron chi connectivity index (χ0n) is 10.1. The second-order valence-electron chi connectivity index (χ2n) is 4.68. The van der Waals surface area contributed by atoms with Crippen molar-refractivity contribution < 1.29 is 19.8 Å². The molecule has 0 aliphatic carbocycles. The standard InChI is InChI=1S/C13H15NO4/c1-8-4-5-14(7-8)12(16)9-2-3-10(13(17)18)11(15)6-9/h2-3,6,8,15H,4-5,7H2,1H3,(H,17,18). The van der Waals surface area contributed by atoms with Gasteiger partial charge in [-0.15, -0.1) is 0 Å². The molecule has 5 heteroatoms. The molecule has 1 aliphatic rings. The minimum Gasteiger partial charge on any atom is -0.507 e. The molecule has 1 aromatic carbocycles. The van der Waals surface area contributed by atoms with E-state index in [1.54, 1.807) is 4.90 Å². The van der Waals surface area contributed by atoms with Crippen molar-refractivity contribution in [2.45, 2.75) is 13.3 Å². The predicted molar refractivity (Wildman–Crippen MR) is 64.8 cm³/mol. The van der Waals surface area contributed by atoms with Crippen LogP contribution in [0.2, 0.25) is 0 Å². The Bertz CT molecular complexity index is 498. The number of rotatable bonds is 2. The lowest BCUT2D eigenvalue weighted by molar-refractivity contribution is 0.0691. The molecule has 0 bridgehead atoms. The second-order valence-corrected chi connectivity index (χ2v) is 4.68. The predicted octanol–water partition coefficient (Wildman–Crippen LogP) is 1.57. The van der Waals surface area contributed by atoms with Crippen molar-refractivity contribution in [2.75, 3.05) is 13.1 Å². The van der Waals surface area contributed by atoms with Crippen molar-refractivity contribution in [1.82, 2.24) is 4.90 Å². The summed E-state index contributed by atoms with van der Waals surface area (Å²) in [4.78, 5) is 24.6. The van der Waals surface area contributed by atoms with Gasteiger partial charge in [-0.25, -0.2) is 4.79 Å². The highest BCUT2D eigenvalue weighted by atomic mass is 16.4. The number of benzene rings is 1. The van der Waals surface area contributed by atoms with Crippen LogP contribution >= 0.6 is 0 Å². The first-order valence-electron chi connectivity index (χ1n) is 5.84. The normalized spacial score (nSPS) is 18.9. The summed E-state index contributed by atoms with van der Waals surface area (Å²) in [5.74, 6) is -1.26. The fourth-order valence-electron chi connectivity index (χ4n) is 2.15. The minimum absolute atomic E-state index is 0.161. The zero-order valence-corrected chi connectivity index (χ0v) is 10.1. The molecule has 1 aliphatic heterocycles. The molecule has 1 amide bonds. The van der Waals surface area contributed by atoms with Crippen LogP contribution in [0.3, 0.4) is 0 Å². The number of carbonyl (C=O) groups is 2. The average Bonchev–Trinajstić information content (AvgIpc) is 2.74. The van der Waals surface area contributed by atoms with Gasteiger partial charge in [0, 0.05) is 18.7 Å². The van der Waals surface area contributed by atoms with Crippen molar-refractivity contribution in [1.29, 1.82) is 0 Å². The first-order valence-corrected chi connectivity index (χ1v) is 5.84. The van der Waals surface area contributed by atoms with Gasteiger partial charge < -0.3 is 15.1 Å². The van der Waals surface area contributed by atoms with Crippen LogP contribution in [0.25, 0.3) is 0 Å². The number of aromatic carboxylic acids is 1. The van der Waals surface area contributed by atoms with Gasteiger partial charge in [-0.2, -0.15) is 0 Å². The van der Waals surface area contributed by atoms with Crippen LogP contribution in [0.15, 0.2) is 18.2 Å². The third-order valence-electron chi connectivity index (χ3n) is 3.19. The Kier molecular flexibility index (Phi) is 3.23. The van der Waals surface area contributed by atoms with E-state index in [2.05, 4.69) is 6.92 Å². The van der Waals surface area contributed by atoms with Crippen molar-refractivity contribution in [2.24, 2.45) is 5.92 Å². The van der Waals surface area contributed by atoms with E-state index < -0.39 is 5.97 Å². The molecule has 2 N–H and O–H groups in total. The van der Waals surface area contributed by atoms with Gasteiger partial charge in [0.2, 0.25) is 0 Å². The van der Waals surface area contributed by atoms with Crippen molar-refractivity contribution in [3.05, 3.63) is 29.3 Å². The number of aromatic hydroxyl groups is 1. The largest absolute Gasteiger partial charge is 0.507 e. The zero-order chi connectivity index (χ0) is 13.3. The molecule has 1 heterocycles. The highest BCUT2D eigenvalue weighted by Gasteiger charge is 2.24. The number of carbonyl (C=O) groups excluding carboxylic acids is 1. The molecule has 18 heavy (non-hydrogen) atoms. The summed E-state index contributed by atoms with van der Waals surface area (Å²) < 4.78 is 0. The maximum atomic E-state index is 12.1. The topological polar surface area (TPSA) is 77.8 Å². The van der Waals surface area contributed by atoms with E-state index in [0.717, 1.165) is 6.42 Å². The fourth-order valence-corrected chi connectivity index (χ4v) is 2.15. The van der Waals surface area contributed by atoms with Gasteiger partial charge in [0.1, 0.15) is 11.3 Å². The molecular weight excluding hydrogens is 234 g/mol. The monoisotopic (exact) mass is 249 g/mol. The van der Waals surface area contributed by atoms with E-state index in [0.29, 0.717) is 24.6 Å². The fraction of sp³-hybridized carbons (Fsp3) is 0.385. The van der Waals surface area contributed by atoms with E-state index in [1.807, 2.05) is 0 Å². The Morgan fingerprint density at radius 2 is 2.11 bits per heavy atom. The van der Waals surface area contributed by atoms with Crippen LogP contribution in [-0.2, 0) is 0 Å². The van der Waals surface area contributed by atoms with E-state index >= 15 is 0 Å². The van der Waals surface area contributed by atoms with Gasteiger partial charge >= 0.3 is 5.97 Å². The summed E-state index contributed by atoms with van der Waals surface area (Å²) in [6.45, 7) is 3.50. The van der Waals surface area contributed by atoms with Gasteiger partial charge in [0.25, 0.3) is 5.91 Å². The van der Waals surface area contributed by atoms with Crippen LogP contribution in [0.1, 0.15) is 34.1 Å². The van der Waals surface area contributed by atoms with Gasteiger partial charge in [-0.3, -0.25) is 4.79 Å². The Morgan fingerprint density at radius 1 is 1.39 bits per heavy atom. The molecule has 0 radical (unpaired) electrons. The first-order chi connectivity index (χ1) is 8.49. The summed E-state index contributed by atoms with van der Waals surface area (Å²) in [5.41, 5.74) is 0.132. The molecule has 1 aromatic rings. The maximum absolute atomic E-state index is 12.1. The summed E-state index contributed by atoms with van der Waals surface area (Å²) >= 11 is 0.